The molecule has 1 aliphatic heterocycles. The molecule has 0 bridgehead atoms. The Morgan fingerprint density at radius 3 is 1.95 bits per heavy atom. The number of hydrogen-bond acceptors (Lipinski definition) is 7. The van der Waals surface area contributed by atoms with E-state index in [0.717, 1.165) is 30.2 Å². The molecule has 1 fully saturated rings. The number of carbonyl (C=O) groups is 2. The van der Waals surface area contributed by atoms with Crippen LogP contribution in [0.4, 0.5) is 11.4 Å². The minimum atomic E-state index is -0.435. The number of nitrogens with zero attached hydrogens (tertiary/aromatic N) is 2. The minimum absolute atomic E-state index is 0.0214. The maximum Gasteiger partial charge on any atom is 0.264 e. The van der Waals surface area contributed by atoms with E-state index in [0.29, 0.717) is 30.2 Å². The Hall–Kier alpha value is -4.31. The average molecular weight is 535 g/mol. The van der Waals surface area contributed by atoms with Gasteiger partial charge in [0.2, 0.25) is 0 Å². The summed E-state index contributed by atoms with van der Waals surface area (Å²) >= 11 is 5.34. The van der Waals surface area contributed by atoms with Gasteiger partial charge in [-0.3, -0.25) is 14.9 Å². The highest BCUT2D eigenvalue weighted by Crippen LogP contribution is 2.28. The van der Waals surface area contributed by atoms with Gasteiger partial charge in [-0.1, -0.05) is 6.07 Å². The predicted octanol–water partition coefficient (Wildman–Crippen LogP) is 3.80. The number of hydrogen-bond donors (Lipinski definition) is 2. The highest BCUT2D eigenvalue weighted by molar-refractivity contribution is 7.80. The third kappa shape index (κ3) is 6.15. The molecule has 3 aromatic rings. The topological polar surface area (TPSA) is 92.4 Å². The van der Waals surface area contributed by atoms with E-state index in [1.165, 1.54) is 14.2 Å². The van der Waals surface area contributed by atoms with Gasteiger partial charge in [0, 0.05) is 43.1 Å². The maximum absolute atomic E-state index is 12.8. The lowest BCUT2D eigenvalue weighted by molar-refractivity contribution is 0.0746. The zero-order valence-corrected chi connectivity index (χ0v) is 22.3. The quantitative estimate of drug-likeness (QED) is 0.443. The molecule has 198 valence electrons. The van der Waals surface area contributed by atoms with Crippen molar-refractivity contribution in [2.24, 2.45) is 0 Å². The number of ether oxygens (including phenoxy) is 3. The lowest BCUT2D eigenvalue weighted by Gasteiger charge is -2.36. The van der Waals surface area contributed by atoms with Crippen LogP contribution in [-0.4, -0.2) is 69.3 Å². The molecule has 4 rings (SSSR count). The molecule has 0 unspecified atom stereocenters. The van der Waals surface area contributed by atoms with Crippen LogP contribution in [0.3, 0.4) is 0 Å². The Kier molecular flexibility index (Phi) is 8.65. The predicted molar refractivity (Wildman–Crippen MR) is 151 cm³/mol. The molecular weight excluding hydrogens is 504 g/mol. The second-order valence-electron chi connectivity index (χ2n) is 8.50. The van der Waals surface area contributed by atoms with Gasteiger partial charge in [0.15, 0.2) is 5.11 Å². The first-order chi connectivity index (χ1) is 18.4. The van der Waals surface area contributed by atoms with E-state index < -0.39 is 5.91 Å². The third-order valence-corrected chi connectivity index (χ3v) is 6.48. The number of methoxy groups -OCH3 is 3. The number of carbonyl (C=O) groups excluding carboxylic acids is 2. The van der Waals surface area contributed by atoms with Gasteiger partial charge in [-0.15, -0.1) is 0 Å². The molecule has 0 atom stereocenters. The smallest absolute Gasteiger partial charge is 0.264 e. The van der Waals surface area contributed by atoms with E-state index in [1.807, 2.05) is 29.2 Å². The normalized spacial score (nSPS) is 12.9. The summed E-state index contributed by atoms with van der Waals surface area (Å²) in [6.45, 7) is 2.72. The first kappa shape index (κ1) is 26.7. The summed E-state index contributed by atoms with van der Waals surface area (Å²) in [5.74, 6) is 1.09. The summed E-state index contributed by atoms with van der Waals surface area (Å²) in [5.41, 5.74) is 2.70. The molecular formula is C28H30N4O5S. The largest absolute Gasteiger partial charge is 0.497 e. The van der Waals surface area contributed by atoms with Crippen molar-refractivity contribution in [2.45, 2.75) is 0 Å². The van der Waals surface area contributed by atoms with E-state index in [9.17, 15) is 9.59 Å². The summed E-state index contributed by atoms with van der Waals surface area (Å²) < 4.78 is 15.8. The third-order valence-electron chi connectivity index (χ3n) is 6.28. The van der Waals surface area contributed by atoms with Crippen LogP contribution in [-0.2, 0) is 0 Å². The number of benzene rings is 3. The molecule has 38 heavy (non-hydrogen) atoms. The van der Waals surface area contributed by atoms with Crippen LogP contribution in [0.25, 0.3) is 0 Å². The maximum atomic E-state index is 12.8. The molecule has 0 aromatic heterocycles. The summed E-state index contributed by atoms with van der Waals surface area (Å²) in [6.07, 6.45) is 0. The minimum Gasteiger partial charge on any atom is -0.497 e. The van der Waals surface area contributed by atoms with Crippen molar-refractivity contribution in [3.05, 3.63) is 77.9 Å². The summed E-state index contributed by atoms with van der Waals surface area (Å²) in [6, 6.07) is 20.0. The summed E-state index contributed by atoms with van der Waals surface area (Å²) in [7, 11) is 4.58. The number of anilines is 2. The molecule has 0 saturated carbocycles. The first-order valence-electron chi connectivity index (χ1n) is 12.0. The van der Waals surface area contributed by atoms with Gasteiger partial charge >= 0.3 is 0 Å². The molecule has 1 heterocycles. The molecule has 2 N–H and O–H groups in total. The fourth-order valence-corrected chi connectivity index (χ4v) is 4.45. The van der Waals surface area contributed by atoms with Crippen molar-refractivity contribution in [3.63, 3.8) is 0 Å². The van der Waals surface area contributed by atoms with E-state index in [2.05, 4.69) is 15.5 Å². The Labute approximate surface area is 227 Å². The molecule has 0 radical (unpaired) electrons. The van der Waals surface area contributed by atoms with Crippen LogP contribution >= 0.6 is 12.2 Å². The van der Waals surface area contributed by atoms with Crippen molar-refractivity contribution in [1.82, 2.24) is 10.2 Å². The number of thiocarbonyl (C=S) groups is 1. The Morgan fingerprint density at radius 1 is 0.789 bits per heavy atom. The van der Waals surface area contributed by atoms with Crippen molar-refractivity contribution in [2.75, 3.05) is 57.7 Å². The van der Waals surface area contributed by atoms with Crippen molar-refractivity contribution in [1.29, 1.82) is 0 Å². The van der Waals surface area contributed by atoms with E-state index in [4.69, 9.17) is 26.4 Å². The second-order valence-corrected chi connectivity index (χ2v) is 8.91. The van der Waals surface area contributed by atoms with Gasteiger partial charge in [-0.2, -0.15) is 0 Å². The fraction of sp³-hybridized carbons (Fsp3) is 0.250. The van der Waals surface area contributed by atoms with E-state index in [-0.39, 0.29) is 16.6 Å². The van der Waals surface area contributed by atoms with Crippen LogP contribution in [0.15, 0.2) is 66.7 Å². The van der Waals surface area contributed by atoms with Crippen molar-refractivity contribution in [3.8, 4) is 17.2 Å². The number of amides is 2. The Bertz CT molecular complexity index is 1270. The molecule has 9 nitrogen and oxygen atoms in total. The SMILES string of the molecule is COc1ccc(C(=O)N2CCN(c3ccc(NC(=S)NC(=O)c4c(OC)cccc4OC)cc3)CC2)cc1. The number of nitrogens with one attached hydrogen (secondary N) is 2. The second kappa shape index (κ2) is 12.3. The zero-order valence-electron chi connectivity index (χ0n) is 21.5. The monoisotopic (exact) mass is 534 g/mol. The lowest BCUT2D eigenvalue weighted by atomic mass is 10.1. The fourth-order valence-electron chi connectivity index (χ4n) is 4.24. The number of piperazine rings is 1. The van der Waals surface area contributed by atoms with Crippen LogP contribution in [0, 0.1) is 0 Å². The molecule has 0 spiro atoms. The Morgan fingerprint density at radius 2 is 1.39 bits per heavy atom. The van der Waals surface area contributed by atoms with E-state index >= 15 is 0 Å². The van der Waals surface area contributed by atoms with Crippen LogP contribution in [0.1, 0.15) is 20.7 Å². The van der Waals surface area contributed by atoms with Crippen LogP contribution < -0.4 is 29.7 Å². The molecule has 1 aliphatic rings. The Balaban J connectivity index is 1.30. The highest BCUT2D eigenvalue weighted by atomic mass is 32.1. The van der Waals surface area contributed by atoms with Crippen molar-refractivity contribution >= 4 is 40.5 Å². The van der Waals surface area contributed by atoms with Crippen LogP contribution in [0.2, 0.25) is 0 Å². The van der Waals surface area contributed by atoms with Gasteiger partial charge in [-0.25, -0.2) is 0 Å². The molecule has 10 heteroatoms. The van der Waals surface area contributed by atoms with E-state index in [1.54, 1.807) is 49.6 Å². The van der Waals surface area contributed by atoms with Gasteiger partial charge in [0.1, 0.15) is 22.8 Å². The summed E-state index contributed by atoms with van der Waals surface area (Å²) in [5, 5.41) is 5.86. The van der Waals surface area contributed by atoms with Gasteiger partial charge < -0.3 is 29.3 Å². The molecule has 0 aliphatic carbocycles. The molecule has 1 saturated heterocycles. The average Bonchev–Trinajstić information content (AvgIpc) is 2.96. The standard InChI is InChI=1S/C28H30N4O5S/c1-35-22-13-7-19(8-14-22)27(34)32-17-15-31(16-18-32)21-11-9-20(10-12-21)29-28(38)30-26(33)25-23(36-2)5-4-6-24(25)37-3/h4-14H,15-18H2,1-3H3,(H2,29,30,33,38). The van der Waals surface area contributed by atoms with Gasteiger partial charge in [-0.05, 0) is 72.9 Å². The molecule has 3 aromatic carbocycles. The van der Waals surface area contributed by atoms with Crippen LogP contribution in [0.5, 0.6) is 17.2 Å². The number of rotatable bonds is 7. The molecule has 2 amide bonds. The van der Waals surface area contributed by atoms with Gasteiger partial charge in [0.25, 0.3) is 11.8 Å². The highest BCUT2D eigenvalue weighted by Gasteiger charge is 2.23. The lowest BCUT2D eigenvalue weighted by Crippen LogP contribution is -2.48. The van der Waals surface area contributed by atoms with Crippen molar-refractivity contribution < 1.29 is 23.8 Å². The first-order valence-corrected chi connectivity index (χ1v) is 12.5. The summed E-state index contributed by atoms with van der Waals surface area (Å²) in [4.78, 5) is 29.8. The zero-order chi connectivity index (χ0) is 27.1. The van der Waals surface area contributed by atoms with Gasteiger partial charge in [0.05, 0.1) is 21.3 Å².